The lowest BCUT2D eigenvalue weighted by Crippen LogP contribution is -1.97. The van der Waals surface area contributed by atoms with Crippen molar-refractivity contribution in [3.8, 4) is 0 Å². The zero-order valence-corrected chi connectivity index (χ0v) is 12.5. The van der Waals surface area contributed by atoms with Crippen LogP contribution in [0.15, 0.2) is 0 Å². The van der Waals surface area contributed by atoms with Crippen molar-refractivity contribution in [1.82, 2.24) is 9.59 Å². The van der Waals surface area contributed by atoms with E-state index in [9.17, 15) is 5.11 Å². The van der Waals surface area contributed by atoms with Gasteiger partial charge in [-0.05, 0) is 24.9 Å². The maximum atomic E-state index is 9.99. The van der Waals surface area contributed by atoms with Crippen LogP contribution < -0.4 is 0 Å². The maximum Gasteiger partial charge on any atom is 0.0917 e. The molecule has 0 saturated heterocycles. The summed E-state index contributed by atoms with van der Waals surface area (Å²) in [5.74, 6) is 0. The Kier molecular flexibility index (Phi) is 8.18. The number of rotatable bonds is 10. The molecule has 1 aromatic heterocycles. The average molecular weight is 270 g/mol. The Balaban J connectivity index is 1.99. The van der Waals surface area contributed by atoms with Crippen LogP contribution in [0.2, 0.25) is 0 Å². The Morgan fingerprint density at radius 1 is 1.06 bits per heavy atom. The molecular weight excluding hydrogens is 244 g/mol. The summed E-state index contributed by atoms with van der Waals surface area (Å²) in [6.07, 6.45) is 10.9. The summed E-state index contributed by atoms with van der Waals surface area (Å²) in [7, 11) is 0. The molecule has 1 unspecified atom stereocenters. The van der Waals surface area contributed by atoms with E-state index in [-0.39, 0.29) is 6.10 Å². The lowest BCUT2D eigenvalue weighted by atomic mass is 10.0. The first-order valence-corrected chi connectivity index (χ1v) is 8.00. The molecular formula is C14H26N2OS. The fourth-order valence-electron chi connectivity index (χ4n) is 2.15. The van der Waals surface area contributed by atoms with E-state index in [2.05, 4.69) is 16.5 Å². The fourth-order valence-corrected chi connectivity index (χ4v) is 2.81. The molecule has 18 heavy (non-hydrogen) atoms. The molecule has 1 rings (SSSR count). The molecule has 1 N–H and O–H groups in total. The summed E-state index contributed by atoms with van der Waals surface area (Å²) in [6, 6.07) is 0. The van der Waals surface area contributed by atoms with Gasteiger partial charge in [0.2, 0.25) is 0 Å². The first-order valence-electron chi connectivity index (χ1n) is 7.22. The highest BCUT2D eigenvalue weighted by Gasteiger charge is 2.13. The van der Waals surface area contributed by atoms with Gasteiger partial charge in [-0.25, -0.2) is 0 Å². The van der Waals surface area contributed by atoms with Gasteiger partial charge in [0.05, 0.1) is 16.7 Å². The van der Waals surface area contributed by atoms with Gasteiger partial charge >= 0.3 is 0 Å². The minimum absolute atomic E-state index is 0.356. The smallest absolute Gasteiger partial charge is 0.0917 e. The number of aliphatic hydroxyl groups is 1. The zero-order chi connectivity index (χ0) is 13.2. The van der Waals surface area contributed by atoms with Gasteiger partial charge in [-0.2, -0.15) is 0 Å². The third-order valence-corrected chi connectivity index (χ3v) is 4.25. The Morgan fingerprint density at radius 3 is 2.22 bits per heavy atom. The topological polar surface area (TPSA) is 46.0 Å². The molecule has 0 fully saturated rings. The first kappa shape index (κ1) is 15.6. The van der Waals surface area contributed by atoms with E-state index in [4.69, 9.17) is 0 Å². The molecule has 0 spiro atoms. The molecule has 0 radical (unpaired) electrons. The zero-order valence-electron chi connectivity index (χ0n) is 11.7. The van der Waals surface area contributed by atoms with Crippen molar-refractivity contribution >= 4 is 11.5 Å². The van der Waals surface area contributed by atoms with E-state index in [0.29, 0.717) is 0 Å². The molecule has 0 aliphatic carbocycles. The lowest BCUT2D eigenvalue weighted by molar-refractivity contribution is 0.166. The Morgan fingerprint density at radius 2 is 1.67 bits per heavy atom. The molecule has 4 heteroatoms. The van der Waals surface area contributed by atoms with Crippen LogP contribution in [0.4, 0.5) is 0 Å². The van der Waals surface area contributed by atoms with Gasteiger partial charge in [-0.3, -0.25) is 0 Å². The molecule has 0 amide bonds. The second-order valence-electron chi connectivity index (χ2n) is 5.00. The van der Waals surface area contributed by atoms with E-state index in [1.165, 1.54) is 56.5 Å². The third-order valence-electron chi connectivity index (χ3n) is 3.32. The van der Waals surface area contributed by atoms with Crippen LogP contribution in [0.25, 0.3) is 0 Å². The van der Waals surface area contributed by atoms with E-state index < -0.39 is 0 Å². The summed E-state index contributed by atoms with van der Waals surface area (Å²) in [4.78, 5) is 0.943. The first-order chi connectivity index (χ1) is 8.75. The van der Waals surface area contributed by atoms with Gasteiger partial charge < -0.3 is 5.11 Å². The SMILES string of the molecule is CCCCCCCCCCC(O)c1snnc1C. The third kappa shape index (κ3) is 5.91. The van der Waals surface area contributed by atoms with Crippen molar-refractivity contribution < 1.29 is 5.11 Å². The van der Waals surface area contributed by atoms with Crippen LogP contribution in [-0.2, 0) is 0 Å². The van der Waals surface area contributed by atoms with Crippen molar-refractivity contribution in [2.24, 2.45) is 0 Å². The molecule has 1 heterocycles. The molecule has 0 saturated carbocycles. The van der Waals surface area contributed by atoms with Crippen LogP contribution in [0.5, 0.6) is 0 Å². The minimum atomic E-state index is -0.356. The summed E-state index contributed by atoms with van der Waals surface area (Å²) >= 11 is 1.32. The number of aromatic nitrogens is 2. The quantitative estimate of drug-likeness (QED) is 0.640. The predicted octanol–water partition coefficient (Wildman–Crippen LogP) is 4.41. The molecule has 104 valence electrons. The number of unbranched alkanes of at least 4 members (excludes halogenated alkanes) is 7. The van der Waals surface area contributed by atoms with Crippen molar-refractivity contribution in [1.29, 1.82) is 0 Å². The summed E-state index contributed by atoms with van der Waals surface area (Å²) < 4.78 is 3.86. The summed E-state index contributed by atoms with van der Waals surface area (Å²) in [6.45, 7) is 4.16. The van der Waals surface area contributed by atoms with Crippen molar-refractivity contribution in [3.05, 3.63) is 10.6 Å². The molecule has 0 aliphatic rings. The number of aliphatic hydroxyl groups excluding tert-OH is 1. The van der Waals surface area contributed by atoms with Gasteiger partial charge in [0.15, 0.2) is 0 Å². The molecule has 1 atom stereocenters. The van der Waals surface area contributed by atoms with Crippen LogP contribution in [-0.4, -0.2) is 14.7 Å². The highest BCUT2D eigenvalue weighted by molar-refractivity contribution is 7.05. The Labute approximate surface area is 115 Å². The normalized spacial score (nSPS) is 12.8. The lowest BCUT2D eigenvalue weighted by Gasteiger charge is -2.08. The second-order valence-corrected chi connectivity index (χ2v) is 5.79. The average Bonchev–Trinajstić information content (AvgIpc) is 2.79. The van der Waals surface area contributed by atoms with E-state index in [1.54, 1.807) is 0 Å². The van der Waals surface area contributed by atoms with Gasteiger partial charge in [-0.15, -0.1) is 5.10 Å². The molecule has 1 aromatic rings. The van der Waals surface area contributed by atoms with Crippen molar-refractivity contribution in [2.45, 2.75) is 77.7 Å². The van der Waals surface area contributed by atoms with Crippen LogP contribution in [0.3, 0.4) is 0 Å². The Bertz CT molecular complexity index is 314. The number of aryl methyl sites for hydroxylation is 1. The largest absolute Gasteiger partial charge is 0.387 e. The molecule has 0 aliphatic heterocycles. The molecule has 0 aromatic carbocycles. The highest BCUT2D eigenvalue weighted by Crippen LogP contribution is 2.24. The standard InChI is InChI=1S/C14H26N2OS/c1-3-4-5-6-7-8-9-10-11-13(17)14-12(2)15-16-18-14/h13,17H,3-11H2,1-2H3. The Hall–Kier alpha value is -0.480. The van der Waals surface area contributed by atoms with E-state index in [0.717, 1.165) is 23.4 Å². The summed E-state index contributed by atoms with van der Waals surface area (Å²) in [5.41, 5.74) is 0.882. The van der Waals surface area contributed by atoms with E-state index >= 15 is 0 Å². The number of hydrogen-bond acceptors (Lipinski definition) is 4. The van der Waals surface area contributed by atoms with Crippen LogP contribution in [0.1, 0.15) is 81.4 Å². The van der Waals surface area contributed by atoms with E-state index in [1.807, 2.05) is 6.92 Å². The highest BCUT2D eigenvalue weighted by atomic mass is 32.1. The monoisotopic (exact) mass is 270 g/mol. The fraction of sp³-hybridized carbons (Fsp3) is 0.857. The van der Waals surface area contributed by atoms with Gasteiger partial charge in [0.1, 0.15) is 0 Å². The van der Waals surface area contributed by atoms with Crippen LogP contribution >= 0.6 is 11.5 Å². The maximum absolute atomic E-state index is 9.99. The molecule has 3 nitrogen and oxygen atoms in total. The van der Waals surface area contributed by atoms with Crippen LogP contribution in [0, 0.1) is 6.92 Å². The number of nitrogens with zero attached hydrogens (tertiary/aromatic N) is 2. The van der Waals surface area contributed by atoms with Gasteiger partial charge in [0.25, 0.3) is 0 Å². The molecule has 0 bridgehead atoms. The summed E-state index contributed by atoms with van der Waals surface area (Å²) in [5, 5.41) is 13.9. The van der Waals surface area contributed by atoms with Crippen molar-refractivity contribution in [3.63, 3.8) is 0 Å². The van der Waals surface area contributed by atoms with Gasteiger partial charge in [-0.1, -0.05) is 62.8 Å². The van der Waals surface area contributed by atoms with Gasteiger partial charge in [0, 0.05) is 0 Å². The predicted molar refractivity (Wildman–Crippen MR) is 76.8 cm³/mol. The van der Waals surface area contributed by atoms with Crippen molar-refractivity contribution in [2.75, 3.05) is 0 Å². The number of hydrogen-bond donors (Lipinski definition) is 1. The minimum Gasteiger partial charge on any atom is -0.387 e. The second kappa shape index (κ2) is 9.45.